The standard InChI is InChI=1S/C19H22N6O/c1-23(2)15-10-11-24(12-15)18(26)14-8-6-13(7-9-14)16-4-3-5-17-21-19(20)22-25(16)17/h3-9,15H,10-12H2,1-2H3,(H2,20,22). The van der Waals surface area contributed by atoms with Gasteiger partial charge in [0.2, 0.25) is 5.95 Å². The first-order valence-electron chi connectivity index (χ1n) is 8.70. The highest BCUT2D eigenvalue weighted by atomic mass is 16.2. The summed E-state index contributed by atoms with van der Waals surface area (Å²) in [4.78, 5) is 21.0. The van der Waals surface area contributed by atoms with Crippen LogP contribution in [0.25, 0.3) is 16.9 Å². The van der Waals surface area contributed by atoms with E-state index in [2.05, 4.69) is 29.1 Å². The fraction of sp³-hybridized carbons (Fsp3) is 0.316. The van der Waals surface area contributed by atoms with Crippen LogP contribution in [0.2, 0.25) is 0 Å². The summed E-state index contributed by atoms with van der Waals surface area (Å²) in [5.41, 5.74) is 8.97. The van der Waals surface area contributed by atoms with Gasteiger partial charge >= 0.3 is 0 Å². The normalized spacial score (nSPS) is 17.3. The molecule has 0 bridgehead atoms. The molecule has 0 radical (unpaired) electrons. The highest BCUT2D eigenvalue weighted by Crippen LogP contribution is 2.22. The van der Waals surface area contributed by atoms with Crippen molar-refractivity contribution in [2.24, 2.45) is 0 Å². The van der Waals surface area contributed by atoms with Gasteiger partial charge in [-0.25, -0.2) is 4.52 Å². The second-order valence-corrected chi connectivity index (χ2v) is 6.89. The number of nitrogens with zero attached hydrogens (tertiary/aromatic N) is 5. The van der Waals surface area contributed by atoms with Crippen LogP contribution in [-0.2, 0) is 0 Å². The molecule has 1 amide bonds. The van der Waals surface area contributed by atoms with Gasteiger partial charge in [0, 0.05) is 30.3 Å². The Bertz CT molecular complexity index is 946. The number of hydrogen-bond acceptors (Lipinski definition) is 5. The summed E-state index contributed by atoms with van der Waals surface area (Å²) in [7, 11) is 4.12. The Labute approximate surface area is 152 Å². The molecule has 4 rings (SSSR count). The molecule has 134 valence electrons. The van der Waals surface area contributed by atoms with Crippen LogP contribution in [0.1, 0.15) is 16.8 Å². The van der Waals surface area contributed by atoms with Gasteiger partial charge in [0.25, 0.3) is 5.91 Å². The minimum Gasteiger partial charge on any atom is -0.366 e. The number of rotatable bonds is 3. The maximum atomic E-state index is 12.7. The molecule has 7 nitrogen and oxygen atoms in total. The average Bonchev–Trinajstić information content (AvgIpc) is 3.27. The van der Waals surface area contributed by atoms with Crippen LogP contribution in [0, 0.1) is 0 Å². The number of benzene rings is 1. The topological polar surface area (TPSA) is 79.8 Å². The van der Waals surface area contributed by atoms with E-state index in [1.807, 2.05) is 47.4 Å². The number of nitrogen functional groups attached to an aromatic ring is 1. The Morgan fingerprint density at radius 2 is 1.96 bits per heavy atom. The van der Waals surface area contributed by atoms with Gasteiger partial charge in [-0.2, -0.15) is 4.98 Å². The first kappa shape index (κ1) is 16.5. The van der Waals surface area contributed by atoms with Crippen LogP contribution in [0.3, 0.4) is 0 Å². The molecule has 0 aliphatic carbocycles. The maximum absolute atomic E-state index is 12.7. The molecule has 1 unspecified atom stereocenters. The number of amides is 1. The Morgan fingerprint density at radius 3 is 2.65 bits per heavy atom. The number of pyridine rings is 1. The van der Waals surface area contributed by atoms with Gasteiger partial charge in [0.05, 0.1) is 5.69 Å². The van der Waals surface area contributed by atoms with Crippen LogP contribution < -0.4 is 5.73 Å². The lowest BCUT2D eigenvalue weighted by Crippen LogP contribution is -2.34. The van der Waals surface area contributed by atoms with Crippen molar-refractivity contribution >= 4 is 17.5 Å². The number of aromatic nitrogens is 3. The third kappa shape index (κ3) is 2.90. The number of hydrogen-bond donors (Lipinski definition) is 1. The van der Waals surface area contributed by atoms with Crippen LogP contribution in [-0.4, -0.2) is 63.5 Å². The van der Waals surface area contributed by atoms with Crippen LogP contribution >= 0.6 is 0 Å². The molecule has 1 atom stereocenters. The lowest BCUT2D eigenvalue weighted by Gasteiger charge is -2.20. The summed E-state index contributed by atoms with van der Waals surface area (Å²) in [5.74, 6) is 0.331. The summed E-state index contributed by atoms with van der Waals surface area (Å²) >= 11 is 0. The number of carbonyl (C=O) groups excluding carboxylic acids is 1. The lowest BCUT2D eigenvalue weighted by molar-refractivity contribution is 0.0783. The highest BCUT2D eigenvalue weighted by molar-refractivity contribution is 5.95. The molecule has 2 aromatic heterocycles. The smallest absolute Gasteiger partial charge is 0.253 e. The average molecular weight is 350 g/mol. The van der Waals surface area contributed by atoms with Gasteiger partial charge in [0.15, 0.2) is 5.65 Å². The quantitative estimate of drug-likeness (QED) is 0.778. The summed E-state index contributed by atoms with van der Waals surface area (Å²) in [5, 5.41) is 4.24. The monoisotopic (exact) mass is 350 g/mol. The van der Waals surface area contributed by atoms with E-state index >= 15 is 0 Å². The van der Waals surface area contributed by atoms with Gasteiger partial charge in [-0.05, 0) is 44.8 Å². The predicted octanol–water partition coefficient (Wildman–Crippen LogP) is 1.75. The molecule has 0 spiro atoms. The zero-order valence-electron chi connectivity index (χ0n) is 15.0. The van der Waals surface area contributed by atoms with E-state index in [9.17, 15) is 4.79 Å². The third-order valence-electron chi connectivity index (χ3n) is 4.98. The molecule has 1 saturated heterocycles. The summed E-state index contributed by atoms with van der Waals surface area (Å²) in [6.07, 6.45) is 1.02. The molecular formula is C19H22N6O. The van der Waals surface area contributed by atoms with Crippen molar-refractivity contribution in [2.75, 3.05) is 32.9 Å². The SMILES string of the molecule is CN(C)C1CCN(C(=O)c2ccc(-c3cccc4nc(N)nn34)cc2)C1. The van der Waals surface area contributed by atoms with Crippen molar-refractivity contribution in [3.63, 3.8) is 0 Å². The molecule has 3 heterocycles. The molecule has 3 aromatic rings. The maximum Gasteiger partial charge on any atom is 0.253 e. The van der Waals surface area contributed by atoms with Gasteiger partial charge in [-0.15, -0.1) is 5.10 Å². The minimum absolute atomic E-state index is 0.0871. The second kappa shape index (κ2) is 6.42. The van der Waals surface area contributed by atoms with Crippen molar-refractivity contribution in [1.29, 1.82) is 0 Å². The van der Waals surface area contributed by atoms with Crippen molar-refractivity contribution in [3.05, 3.63) is 48.0 Å². The summed E-state index contributed by atoms with van der Waals surface area (Å²) < 4.78 is 1.72. The number of carbonyl (C=O) groups is 1. The molecule has 1 aliphatic heterocycles. The number of fused-ring (bicyclic) bond motifs is 1. The number of anilines is 1. The molecule has 1 aromatic carbocycles. The van der Waals surface area contributed by atoms with E-state index in [1.165, 1.54) is 0 Å². The molecule has 1 aliphatic rings. The minimum atomic E-state index is 0.0871. The van der Waals surface area contributed by atoms with E-state index in [-0.39, 0.29) is 11.9 Å². The van der Waals surface area contributed by atoms with Crippen LogP contribution in [0.15, 0.2) is 42.5 Å². The van der Waals surface area contributed by atoms with Gasteiger partial charge in [-0.3, -0.25) is 4.79 Å². The van der Waals surface area contributed by atoms with Crippen molar-refractivity contribution in [3.8, 4) is 11.3 Å². The molecule has 2 N–H and O–H groups in total. The Balaban J connectivity index is 1.58. The van der Waals surface area contributed by atoms with Crippen molar-refractivity contribution < 1.29 is 4.79 Å². The first-order valence-corrected chi connectivity index (χ1v) is 8.70. The highest BCUT2D eigenvalue weighted by Gasteiger charge is 2.28. The van der Waals surface area contributed by atoms with E-state index < -0.39 is 0 Å². The zero-order chi connectivity index (χ0) is 18.3. The summed E-state index contributed by atoms with van der Waals surface area (Å²) in [6.45, 7) is 1.59. The number of nitrogens with two attached hydrogens (primary N) is 1. The molecule has 1 fully saturated rings. The van der Waals surface area contributed by atoms with E-state index in [0.29, 0.717) is 17.3 Å². The van der Waals surface area contributed by atoms with Crippen LogP contribution in [0.4, 0.5) is 5.95 Å². The molecule has 26 heavy (non-hydrogen) atoms. The van der Waals surface area contributed by atoms with Crippen LogP contribution in [0.5, 0.6) is 0 Å². The van der Waals surface area contributed by atoms with E-state index in [0.717, 1.165) is 30.8 Å². The van der Waals surface area contributed by atoms with Gasteiger partial charge in [0.1, 0.15) is 0 Å². The number of likely N-dealkylation sites (N-methyl/N-ethyl adjacent to an activating group) is 1. The van der Waals surface area contributed by atoms with E-state index in [4.69, 9.17) is 5.73 Å². The molecule has 7 heteroatoms. The Morgan fingerprint density at radius 1 is 1.19 bits per heavy atom. The zero-order valence-corrected chi connectivity index (χ0v) is 15.0. The van der Waals surface area contributed by atoms with Gasteiger partial charge < -0.3 is 15.5 Å². The molecule has 0 saturated carbocycles. The summed E-state index contributed by atoms with van der Waals surface area (Å²) in [6, 6.07) is 13.8. The van der Waals surface area contributed by atoms with Gasteiger partial charge in [-0.1, -0.05) is 18.2 Å². The van der Waals surface area contributed by atoms with Crippen molar-refractivity contribution in [2.45, 2.75) is 12.5 Å². The first-order chi connectivity index (χ1) is 12.5. The third-order valence-corrected chi connectivity index (χ3v) is 4.98. The largest absolute Gasteiger partial charge is 0.366 e. The Hall–Kier alpha value is -2.93. The lowest BCUT2D eigenvalue weighted by atomic mass is 10.1. The number of likely N-dealkylation sites (tertiary alicyclic amines) is 1. The Kier molecular flexibility index (Phi) is 4.08. The van der Waals surface area contributed by atoms with Crippen molar-refractivity contribution in [1.82, 2.24) is 24.4 Å². The molecular weight excluding hydrogens is 328 g/mol. The fourth-order valence-corrected chi connectivity index (χ4v) is 3.45. The second-order valence-electron chi connectivity index (χ2n) is 6.89. The predicted molar refractivity (Wildman–Crippen MR) is 101 cm³/mol. The fourth-order valence-electron chi connectivity index (χ4n) is 3.45. The van der Waals surface area contributed by atoms with E-state index in [1.54, 1.807) is 4.52 Å².